The van der Waals surface area contributed by atoms with E-state index in [1.165, 1.54) is 0 Å². The summed E-state index contributed by atoms with van der Waals surface area (Å²) in [5, 5.41) is 3.09. The molecule has 1 amide bonds. The lowest BCUT2D eigenvalue weighted by Gasteiger charge is -2.10. The van der Waals surface area contributed by atoms with Crippen LogP contribution in [-0.2, 0) is 4.74 Å². The van der Waals surface area contributed by atoms with Crippen LogP contribution in [0.1, 0.15) is 40.3 Å². The summed E-state index contributed by atoms with van der Waals surface area (Å²) < 4.78 is 14.6. The molecule has 6 nitrogen and oxygen atoms in total. The Kier molecular flexibility index (Phi) is 5.70. The van der Waals surface area contributed by atoms with Gasteiger partial charge in [-0.1, -0.05) is 12.1 Å². The van der Waals surface area contributed by atoms with E-state index in [9.17, 15) is 9.59 Å². The normalized spacial score (nSPS) is 10.2. The van der Waals surface area contributed by atoms with Gasteiger partial charge in [-0.2, -0.15) is 4.37 Å². The zero-order valence-electron chi connectivity index (χ0n) is 13.2. The Morgan fingerprint density at radius 3 is 2.65 bits per heavy atom. The van der Waals surface area contributed by atoms with Gasteiger partial charge in [0, 0.05) is 0 Å². The van der Waals surface area contributed by atoms with Gasteiger partial charge in [-0.05, 0) is 44.4 Å². The number of nitrogens with one attached hydrogen (secondary N) is 1. The van der Waals surface area contributed by atoms with Crippen molar-refractivity contribution in [1.29, 1.82) is 0 Å². The van der Waals surface area contributed by atoms with Gasteiger partial charge in [-0.15, -0.1) is 0 Å². The Bertz CT molecular complexity index is 712. The van der Waals surface area contributed by atoms with Gasteiger partial charge in [0.1, 0.15) is 16.3 Å². The number of aryl methyl sites for hydroxylation is 1. The van der Waals surface area contributed by atoms with Crippen molar-refractivity contribution in [2.45, 2.75) is 20.8 Å². The SMILES string of the molecule is CCOC(=O)c1c(C)nsc1NC(=O)c1ccccc1OCC. The largest absolute Gasteiger partial charge is 0.493 e. The number of rotatable bonds is 6. The first-order valence-corrected chi connectivity index (χ1v) is 8.02. The third-order valence-electron chi connectivity index (χ3n) is 3.00. The molecular formula is C16H18N2O4S. The van der Waals surface area contributed by atoms with Crippen LogP contribution in [0.3, 0.4) is 0 Å². The Morgan fingerprint density at radius 2 is 1.96 bits per heavy atom. The molecule has 122 valence electrons. The standard InChI is InChI=1S/C16H18N2O4S/c1-4-21-12-9-7-6-8-11(12)14(19)17-15-13(10(3)18-23-15)16(20)22-5-2/h6-9H,4-5H2,1-3H3,(H,17,19). The van der Waals surface area contributed by atoms with E-state index in [1.54, 1.807) is 38.1 Å². The van der Waals surface area contributed by atoms with Gasteiger partial charge in [-0.25, -0.2) is 4.79 Å². The molecule has 0 fully saturated rings. The number of hydrogen-bond donors (Lipinski definition) is 1. The minimum atomic E-state index is -0.493. The first-order chi connectivity index (χ1) is 11.1. The molecule has 0 saturated heterocycles. The van der Waals surface area contributed by atoms with Crippen LogP contribution in [-0.4, -0.2) is 29.5 Å². The highest BCUT2D eigenvalue weighted by atomic mass is 32.1. The molecule has 1 N–H and O–H groups in total. The zero-order valence-corrected chi connectivity index (χ0v) is 14.0. The Hall–Kier alpha value is -2.41. The number of aromatic nitrogens is 1. The van der Waals surface area contributed by atoms with Crippen molar-refractivity contribution in [3.8, 4) is 5.75 Å². The molecule has 0 aliphatic carbocycles. The van der Waals surface area contributed by atoms with Gasteiger partial charge >= 0.3 is 5.97 Å². The molecule has 0 aliphatic rings. The molecule has 0 bridgehead atoms. The number of ether oxygens (including phenoxy) is 2. The summed E-state index contributed by atoms with van der Waals surface area (Å²) >= 11 is 1.05. The van der Waals surface area contributed by atoms with Gasteiger partial charge in [0.05, 0.1) is 24.5 Å². The summed E-state index contributed by atoms with van der Waals surface area (Å²) in [5.41, 5.74) is 1.22. The van der Waals surface area contributed by atoms with Crippen LogP contribution >= 0.6 is 11.5 Å². The topological polar surface area (TPSA) is 77.5 Å². The smallest absolute Gasteiger partial charge is 0.343 e. The second-order valence-electron chi connectivity index (χ2n) is 4.58. The van der Waals surface area contributed by atoms with E-state index in [0.29, 0.717) is 34.2 Å². The van der Waals surface area contributed by atoms with Gasteiger partial charge in [-0.3, -0.25) is 4.79 Å². The van der Waals surface area contributed by atoms with Crippen LogP contribution in [0.15, 0.2) is 24.3 Å². The van der Waals surface area contributed by atoms with E-state index in [2.05, 4.69) is 9.69 Å². The lowest BCUT2D eigenvalue weighted by Crippen LogP contribution is -2.16. The molecule has 0 radical (unpaired) electrons. The molecule has 0 atom stereocenters. The Labute approximate surface area is 138 Å². The summed E-state index contributed by atoms with van der Waals surface area (Å²) in [7, 11) is 0. The second kappa shape index (κ2) is 7.73. The average Bonchev–Trinajstić information content (AvgIpc) is 2.89. The maximum Gasteiger partial charge on any atom is 0.343 e. The summed E-state index contributed by atoms with van der Waals surface area (Å²) in [6.45, 7) is 5.99. The summed E-state index contributed by atoms with van der Waals surface area (Å²) in [4.78, 5) is 24.5. The van der Waals surface area contributed by atoms with Crippen LogP contribution < -0.4 is 10.1 Å². The number of hydrogen-bond acceptors (Lipinski definition) is 6. The van der Waals surface area contributed by atoms with E-state index in [0.717, 1.165) is 11.5 Å². The summed E-state index contributed by atoms with van der Waals surface area (Å²) in [6.07, 6.45) is 0. The van der Waals surface area contributed by atoms with E-state index in [-0.39, 0.29) is 12.5 Å². The maximum atomic E-state index is 12.5. The molecule has 23 heavy (non-hydrogen) atoms. The van der Waals surface area contributed by atoms with Crippen LogP contribution in [0, 0.1) is 6.92 Å². The fourth-order valence-electron chi connectivity index (χ4n) is 2.00. The van der Waals surface area contributed by atoms with Crippen molar-refractivity contribution in [3.05, 3.63) is 41.1 Å². The van der Waals surface area contributed by atoms with Gasteiger partial charge in [0.2, 0.25) is 0 Å². The van der Waals surface area contributed by atoms with E-state index in [4.69, 9.17) is 9.47 Å². The Balaban J connectivity index is 2.26. The number of benzene rings is 1. The van der Waals surface area contributed by atoms with E-state index < -0.39 is 5.97 Å². The second-order valence-corrected chi connectivity index (χ2v) is 5.35. The highest BCUT2D eigenvalue weighted by molar-refractivity contribution is 7.11. The highest BCUT2D eigenvalue weighted by Gasteiger charge is 2.22. The minimum Gasteiger partial charge on any atom is -0.493 e. The fraction of sp³-hybridized carbons (Fsp3) is 0.312. The predicted molar refractivity (Wildman–Crippen MR) is 88.4 cm³/mol. The zero-order chi connectivity index (χ0) is 16.8. The summed E-state index contributed by atoms with van der Waals surface area (Å²) in [6, 6.07) is 6.94. The van der Waals surface area contributed by atoms with E-state index in [1.807, 2.05) is 6.92 Å². The lowest BCUT2D eigenvalue weighted by atomic mass is 10.2. The minimum absolute atomic E-state index is 0.259. The molecule has 1 aromatic carbocycles. The number of para-hydroxylation sites is 1. The van der Waals surface area contributed by atoms with E-state index >= 15 is 0 Å². The summed E-state index contributed by atoms with van der Waals surface area (Å²) in [5.74, 6) is -0.359. The van der Waals surface area contributed by atoms with Crippen LogP contribution in [0.5, 0.6) is 5.75 Å². The van der Waals surface area contributed by atoms with Crippen molar-refractivity contribution < 1.29 is 19.1 Å². The average molecular weight is 334 g/mol. The maximum absolute atomic E-state index is 12.5. The highest BCUT2D eigenvalue weighted by Crippen LogP contribution is 2.27. The Morgan fingerprint density at radius 1 is 1.22 bits per heavy atom. The van der Waals surface area contributed by atoms with Crippen molar-refractivity contribution in [2.24, 2.45) is 0 Å². The molecule has 2 aromatic rings. The number of carbonyl (C=O) groups excluding carboxylic acids is 2. The molecule has 1 heterocycles. The lowest BCUT2D eigenvalue weighted by molar-refractivity contribution is 0.0527. The molecule has 1 aromatic heterocycles. The monoisotopic (exact) mass is 334 g/mol. The number of carbonyl (C=O) groups is 2. The molecular weight excluding hydrogens is 316 g/mol. The number of amides is 1. The third-order valence-corrected chi connectivity index (χ3v) is 3.85. The molecule has 0 aliphatic heterocycles. The van der Waals surface area contributed by atoms with Crippen LogP contribution in [0.2, 0.25) is 0 Å². The molecule has 2 rings (SSSR count). The molecule has 0 unspecified atom stereocenters. The van der Waals surface area contributed by atoms with Gasteiger partial charge < -0.3 is 14.8 Å². The molecule has 0 saturated carbocycles. The van der Waals surface area contributed by atoms with Crippen LogP contribution in [0.25, 0.3) is 0 Å². The first-order valence-electron chi connectivity index (χ1n) is 7.25. The fourth-order valence-corrected chi connectivity index (χ4v) is 2.78. The number of esters is 1. The number of anilines is 1. The quantitative estimate of drug-likeness (QED) is 0.820. The van der Waals surface area contributed by atoms with Crippen molar-refractivity contribution in [3.63, 3.8) is 0 Å². The van der Waals surface area contributed by atoms with Crippen molar-refractivity contribution in [2.75, 3.05) is 18.5 Å². The predicted octanol–water partition coefficient (Wildman–Crippen LogP) is 3.28. The first kappa shape index (κ1) is 17.0. The number of nitrogens with zero attached hydrogens (tertiary/aromatic N) is 1. The van der Waals surface area contributed by atoms with Crippen molar-refractivity contribution >= 4 is 28.4 Å². The van der Waals surface area contributed by atoms with Gasteiger partial charge in [0.25, 0.3) is 5.91 Å². The molecule has 7 heteroatoms. The van der Waals surface area contributed by atoms with Crippen LogP contribution in [0.4, 0.5) is 5.00 Å². The van der Waals surface area contributed by atoms with Gasteiger partial charge in [0.15, 0.2) is 0 Å². The third kappa shape index (κ3) is 3.87. The molecule has 0 spiro atoms. The van der Waals surface area contributed by atoms with Crippen molar-refractivity contribution in [1.82, 2.24) is 4.37 Å².